The van der Waals surface area contributed by atoms with Crippen LogP contribution in [0.25, 0.3) is 11.4 Å². The van der Waals surface area contributed by atoms with E-state index in [0.717, 1.165) is 5.56 Å². The first-order chi connectivity index (χ1) is 13.2. The van der Waals surface area contributed by atoms with Crippen molar-refractivity contribution in [1.29, 1.82) is 0 Å². The van der Waals surface area contributed by atoms with Crippen LogP contribution in [0.5, 0.6) is 17.2 Å². The van der Waals surface area contributed by atoms with Crippen molar-refractivity contribution < 1.29 is 18.6 Å². The van der Waals surface area contributed by atoms with Gasteiger partial charge in [0.25, 0.3) is 0 Å². The number of hydrogen-bond acceptors (Lipinski definition) is 6. The molecule has 1 N–H and O–H groups in total. The number of H-pyrrole nitrogens is 1. The molecule has 0 radical (unpaired) electrons. The van der Waals surface area contributed by atoms with Crippen LogP contribution in [-0.4, -0.2) is 41.4 Å². The lowest BCUT2D eigenvalue weighted by atomic mass is 10.2. The van der Waals surface area contributed by atoms with Crippen molar-refractivity contribution in [2.24, 2.45) is 5.10 Å². The lowest BCUT2D eigenvalue weighted by molar-refractivity contribution is 0.165. The first kappa shape index (κ1) is 17.2. The topological polar surface area (TPSA) is 73.7 Å². The second-order valence-corrected chi connectivity index (χ2v) is 6.05. The first-order valence-electron chi connectivity index (χ1n) is 8.11. The Hall–Kier alpha value is -3.20. The maximum atomic E-state index is 13.2. The van der Waals surface area contributed by atoms with Crippen LogP contribution in [0.1, 0.15) is 5.56 Å². The van der Waals surface area contributed by atoms with E-state index in [2.05, 4.69) is 15.3 Å². The lowest BCUT2D eigenvalue weighted by Crippen LogP contribution is -2.16. The summed E-state index contributed by atoms with van der Waals surface area (Å²) in [7, 11) is 1.56. The van der Waals surface area contributed by atoms with Crippen molar-refractivity contribution >= 4 is 18.4 Å². The molecule has 27 heavy (non-hydrogen) atoms. The third kappa shape index (κ3) is 3.41. The molecular formula is C18H15FN4O3S. The predicted octanol–water partition coefficient (Wildman–Crippen LogP) is 3.41. The molecule has 0 atom stereocenters. The van der Waals surface area contributed by atoms with Crippen molar-refractivity contribution in [3.63, 3.8) is 0 Å². The van der Waals surface area contributed by atoms with Crippen molar-refractivity contribution in [1.82, 2.24) is 14.9 Å². The highest BCUT2D eigenvalue weighted by atomic mass is 32.1. The first-order valence-corrected chi connectivity index (χ1v) is 8.52. The summed E-state index contributed by atoms with van der Waals surface area (Å²) >= 11 is 5.25. The fraction of sp³-hybridized carbons (Fsp3) is 0.167. The molecule has 9 heteroatoms. The molecule has 1 aliphatic heterocycles. The van der Waals surface area contributed by atoms with Gasteiger partial charge >= 0.3 is 0 Å². The van der Waals surface area contributed by atoms with Crippen LogP contribution in [0.2, 0.25) is 0 Å². The molecule has 1 aromatic heterocycles. The quantitative estimate of drug-likeness (QED) is 0.550. The molecular weight excluding hydrogens is 371 g/mol. The van der Waals surface area contributed by atoms with E-state index in [4.69, 9.17) is 26.4 Å². The molecule has 0 spiro atoms. The van der Waals surface area contributed by atoms with Crippen LogP contribution >= 0.6 is 12.2 Å². The SMILES string of the molecule is COc1cc(/C=N\n2c(-c3ccc(F)cc3)n[nH]c2=S)cc2c1OCCO2. The zero-order valence-electron chi connectivity index (χ0n) is 14.3. The maximum Gasteiger partial charge on any atom is 0.216 e. The van der Waals surface area contributed by atoms with Crippen LogP contribution in [-0.2, 0) is 0 Å². The van der Waals surface area contributed by atoms with Crippen LogP contribution in [0.4, 0.5) is 4.39 Å². The summed E-state index contributed by atoms with van der Waals surface area (Å²) in [5, 5.41) is 11.3. The average molecular weight is 386 g/mol. The number of aromatic amines is 1. The van der Waals surface area contributed by atoms with Gasteiger partial charge in [0.1, 0.15) is 19.0 Å². The van der Waals surface area contributed by atoms with E-state index >= 15 is 0 Å². The lowest BCUT2D eigenvalue weighted by Gasteiger charge is -2.20. The van der Waals surface area contributed by atoms with Gasteiger partial charge in [-0.3, -0.25) is 0 Å². The van der Waals surface area contributed by atoms with E-state index in [1.807, 2.05) is 6.07 Å². The molecule has 138 valence electrons. The molecule has 0 aliphatic carbocycles. The Bertz CT molecular complexity index is 1040. The molecule has 4 rings (SSSR count). The largest absolute Gasteiger partial charge is 0.493 e. The van der Waals surface area contributed by atoms with Crippen LogP contribution in [0, 0.1) is 10.6 Å². The number of ether oxygens (including phenoxy) is 3. The summed E-state index contributed by atoms with van der Waals surface area (Å²) < 4.78 is 31.5. The van der Waals surface area contributed by atoms with Gasteiger partial charge in [0, 0.05) is 11.1 Å². The van der Waals surface area contributed by atoms with E-state index in [9.17, 15) is 4.39 Å². The smallest absolute Gasteiger partial charge is 0.216 e. The van der Waals surface area contributed by atoms with E-state index in [0.29, 0.717) is 46.6 Å². The highest BCUT2D eigenvalue weighted by Crippen LogP contribution is 2.40. The zero-order valence-corrected chi connectivity index (χ0v) is 15.1. The van der Waals surface area contributed by atoms with Gasteiger partial charge < -0.3 is 14.2 Å². The number of nitrogens with one attached hydrogen (secondary N) is 1. The highest BCUT2D eigenvalue weighted by molar-refractivity contribution is 7.71. The monoisotopic (exact) mass is 386 g/mol. The van der Waals surface area contributed by atoms with E-state index in [-0.39, 0.29) is 5.82 Å². The predicted molar refractivity (Wildman–Crippen MR) is 99.8 cm³/mol. The third-order valence-electron chi connectivity index (χ3n) is 3.93. The Kier molecular flexibility index (Phi) is 4.59. The number of benzene rings is 2. The number of fused-ring (bicyclic) bond motifs is 1. The van der Waals surface area contributed by atoms with Crippen molar-refractivity contribution in [2.45, 2.75) is 0 Å². The van der Waals surface area contributed by atoms with Gasteiger partial charge in [-0.2, -0.15) is 14.9 Å². The second-order valence-electron chi connectivity index (χ2n) is 5.66. The van der Waals surface area contributed by atoms with Crippen LogP contribution in [0.15, 0.2) is 41.5 Å². The van der Waals surface area contributed by atoms with Crippen LogP contribution in [0.3, 0.4) is 0 Å². The minimum Gasteiger partial charge on any atom is -0.493 e. The summed E-state index contributed by atoms with van der Waals surface area (Å²) in [6, 6.07) is 9.53. The standard InChI is InChI=1S/C18H15FN4O3S/c1-24-14-8-11(9-15-16(14)26-7-6-25-15)10-20-23-17(21-22-18(23)27)12-2-4-13(19)5-3-12/h2-5,8-10H,6-7H2,1H3,(H,22,27)/b20-10-. The normalized spacial score (nSPS) is 13.1. The van der Waals surface area contributed by atoms with Crippen LogP contribution < -0.4 is 14.2 Å². The third-order valence-corrected chi connectivity index (χ3v) is 4.19. The average Bonchev–Trinajstić information content (AvgIpc) is 3.06. The Morgan fingerprint density at radius 2 is 2.04 bits per heavy atom. The Labute approximate surface area is 159 Å². The summed E-state index contributed by atoms with van der Waals surface area (Å²) in [5.41, 5.74) is 1.42. The molecule has 0 saturated heterocycles. The molecule has 3 aromatic rings. The summed E-state index contributed by atoms with van der Waals surface area (Å²) in [6.45, 7) is 0.945. The number of rotatable bonds is 4. The number of aromatic nitrogens is 3. The van der Waals surface area contributed by atoms with Gasteiger partial charge in [0.15, 0.2) is 17.3 Å². The summed E-state index contributed by atoms with van der Waals surface area (Å²) in [6.07, 6.45) is 1.61. The molecule has 0 fully saturated rings. The Morgan fingerprint density at radius 1 is 1.26 bits per heavy atom. The molecule has 7 nitrogen and oxygen atoms in total. The minimum absolute atomic E-state index is 0.315. The number of nitrogens with zero attached hydrogens (tertiary/aromatic N) is 3. The van der Waals surface area contributed by atoms with Gasteiger partial charge in [-0.15, -0.1) is 0 Å². The number of hydrogen-bond donors (Lipinski definition) is 1. The van der Waals surface area contributed by atoms with Gasteiger partial charge in [0.05, 0.1) is 13.3 Å². The van der Waals surface area contributed by atoms with Gasteiger partial charge in [-0.25, -0.2) is 9.49 Å². The summed E-state index contributed by atoms with van der Waals surface area (Å²) in [4.78, 5) is 0. The molecule has 2 heterocycles. The Balaban J connectivity index is 1.71. The van der Waals surface area contributed by atoms with Gasteiger partial charge in [-0.05, 0) is 48.6 Å². The van der Waals surface area contributed by atoms with Gasteiger partial charge in [-0.1, -0.05) is 0 Å². The van der Waals surface area contributed by atoms with Crippen molar-refractivity contribution in [2.75, 3.05) is 20.3 Å². The van der Waals surface area contributed by atoms with E-state index in [1.165, 1.54) is 16.8 Å². The minimum atomic E-state index is -0.327. The van der Waals surface area contributed by atoms with Crippen molar-refractivity contribution in [3.05, 3.63) is 52.5 Å². The van der Waals surface area contributed by atoms with E-state index < -0.39 is 0 Å². The van der Waals surface area contributed by atoms with Crippen molar-refractivity contribution in [3.8, 4) is 28.6 Å². The molecule has 2 aromatic carbocycles. The zero-order chi connectivity index (χ0) is 18.8. The van der Waals surface area contributed by atoms with Gasteiger partial charge in [0.2, 0.25) is 10.5 Å². The molecule has 0 amide bonds. The molecule has 1 aliphatic rings. The number of halogens is 1. The Morgan fingerprint density at radius 3 is 2.81 bits per heavy atom. The second kappa shape index (κ2) is 7.20. The highest BCUT2D eigenvalue weighted by Gasteiger charge is 2.18. The molecule has 0 saturated carbocycles. The number of methoxy groups -OCH3 is 1. The maximum absolute atomic E-state index is 13.2. The fourth-order valence-corrected chi connectivity index (χ4v) is 2.86. The molecule has 0 unspecified atom stereocenters. The molecule has 0 bridgehead atoms. The fourth-order valence-electron chi connectivity index (χ4n) is 2.68. The van der Waals surface area contributed by atoms with E-state index in [1.54, 1.807) is 31.5 Å². The summed E-state index contributed by atoms with van der Waals surface area (Å²) in [5.74, 6) is 1.87.